The molecule has 0 unspecified atom stereocenters. The van der Waals surface area contributed by atoms with Crippen molar-refractivity contribution in [3.63, 3.8) is 0 Å². The van der Waals surface area contributed by atoms with E-state index in [-0.39, 0.29) is 5.97 Å². The van der Waals surface area contributed by atoms with Gasteiger partial charge in [0.1, 0.15) is 11.5 Å². The SMILES string of the molecule is CCOc1ccc(C2=C/C(=C/c3cc(-c4ccccc4)n(-c4ccccc4)c3-c3ccccc3)C(=O)O2)cc1. The maximum absolute atomic E-state index is 13.0. The molecule has 0 N–H and O–H groups in total. The first kappa shape index (κ1) is 24.3. The van der Waals surface area contributed by atoms with Crippen LogP contribution < -0.4 is 4.74 Å². The first-order chi connectivity index (χ1) is 19.2. The Kier molecular flexibility index (Phi) is 6.67. The molecule has 0 atom stereocenters. The van der Waals surface area contributed by atoms with Crippen molar-refractivity contribution in [1.82, 2.24) is 4.57 Å². The van der Waals surface area contributed by atoms with Crippen molar-refractivity contribution in [2.75, 3.05) is 6.61 Å². The fraction of sp³-hybridized carbons (Fsp3) is 0.0571. The highest BCUT2D eigenvalue weighted by molar-refractivity contribution is 6.06. The summed E-state index contributed by atoms with van der Waals surface area (Å²) in [5.74, 6) is 0.943. The molecular formula is C35H27NO3. The second-order valence-electron chi connectivity index (χ2n) is 9.19. The van der Waals surface area contributed by atoms with E-state index in [0.717, 1.165) is 45.1 Å². The Bertz CT molecular complexity index is 1660. The summed E-state index contributed by atoms with van der Waals surface area (Å²) in [5.41, 5.74) is 7.48. The Morgan fingerprint density at radius 1 is 0.744 bits per heavy atom. The predicted molar refractivity (Wildman–Crippen MR) is 156 cm³/mol. The molecule has 6 rings (SSSR count). The van der Waals surface area contributed by atoms with E-state index in [4.69, 9.17) is 9.47 Å². The van der Waals surface area contributed by atoms with Crippen LogP contribution in [0.4, 0.5) is 0 Å². The predicted octanol–water partition coefficient (Wildman–Crippen LogP) is 8.19. The van der Waals surface area contributed by atoms with Gasteiger partial charge in [0.05, 0.1) is 23.6 Å². The van der Waals surface area contributed by atoms with Gasteiger partial charge >= 0.3 is 5.97 Å². The van der Waals surface area contributed by atoms with Crippen molar-refractivity contribution in [3.8, 4) is 34.0 Å². The molecule has 0 radical (unpaired) electrons. The fourth-order valence-corrected chi connectivity index (χ4v) is 4.88. The molecule has 4 aromatic carbocycles. The van der Waals surface area contributed by atoms with Gasteiger partial charge in [-0.3, -0.25) is 0 Å². The molecule has 4 heteroatoms. The first-order valence-electron chi connectivity index (χ1n) is 13.0. The second-order valence-corrected chi connectivity index (χ2v) is 9.19. The molecule has 0 amide bonds. The molecule has 39 heavy (non-hydrogen) atoms. The van der Waals surface area contributed by atoms with E-state index in [2.05, 4.69) is 47.0 Å². The van der Waals surface area contributed by atoms with Gasteiger partial charge in [0.25, 0.3) is 0 Å². The minimum atomic E-state index is -0.369. The molecule has 190 valence electrons. The Morgan fingerprint density at radius 3 is 2.00 bits per heavy atom. The van der Waals surface area contributed by atoms with Crippen LogP contribution in [-0.4, -0.2) is 17.1 Å². The Balaban J connectivity index is 1.52. The van der Waals surface area contributed by atoms with Crippen molar-refractivity contribution >= 4 is 17.8 Å². The highest BCUT2D eigenvalue weighted by Gasteiger charge is 2.24. The van der Waals surface area contributed by atoms with Crippen LogP contribution in [0.2, 0.25) is 0 Å². The van der Waals surface area contributed by atoms with Crippen LogP contribution in [0.5, 0.6) is 5.75 Å². The van der Waals surface area contributed by atoms with E-state index in [9.17, 15) is 4.79 Å². The van der Waals surface area contributed by atoms with E-state index >= 15 is 0 Å². The molecule has 1 aliphatic heterocycles. The number of benzene rings is 4. The lowest BCUT2D eigenvalue weighted by Crippen LogP contribution is -2.00. The summed E-state index contributed by atoms with van der Waals surface area (Å²) < 4.78 is 13.5. The molecule has 1 aromatic heterocycles. The number of carbonyl (C=O) groups excluding carboxylic acids is 1. The number of rotatable bonds is 7. The summed E-state index contributed by atoms with van der Waals surface area (Å²) in [6, 6.07) is 40.6. The highest BCUT2D eigenvalue weighted by atomic mass is 16.5. The largest absolute Gasteiger partial charge is 0.494 e. The lowest BCUT2D eigenvalue weighted by molar-refractivity contribution is -0.130. The molecule has 5 aromatic rings. The van der Waals surface area contributed by atoms with Gasteiger partial charge in [0, 0.05) is 16.8 Å². The van der Waals surface area contributed by atoms with E-state index in [1.54, 1.807) is 0 Å². The highest BCUT2D eigenvalue weighted by Crippen LogP contribution is 2.38. The zero-order valence-corrected chi connectivity index (χ0v) is 21.6. The minimum Gasteiger partial charge on any atom is -0.494 e. The standard InChI is InChI=1S/C35H27NO3/c1-2-38-31-20-18-26(19-21-31)33-24-29(35(37)39-33)22-28-23-32(25-12-6-3-7-13-25)36(30-16-10-5-11-17-30)34(28)27-14-8-4-9-15-27/h3-24H,2H2,1H3/b29-22-. The van der Waals surface area contributed by atoms with E-state index in [0.29, 0.717) is 17.9 Å². The molecule has 1 aliphatic rings. The molecule has 0 spiro atoms. The summed E-state index contributed by atoms with van der Waals surface area (Å²) >= 11 is 0. The Hall–Kier alpha value is -5.09. The molecule has 0 saturated heterocycles. The number of nitrogens with zero attached hydrogens (tertiary/aromatic N) is 1. The zero-order valence-electron chi connectivity index (χ0n) is 21.6. The molecule has 0 fully saturated rings. The monoisotopic (exact) mass is 509 g/mol. The Morgan fingerprint density at radius 2 is 1.36 bits per heavy atom. The number of carbonyl (C=O) groups is 1. The quantitative estimate of drug-likeness (QED) is 0.164. The number of aromatic nitrogens is 1. The third kappa shape index (κ3) is 4.92. The fourth-order valence-electron chi connectivity index (χ4n) is 4.88. The van der Waals surface area contributed by atoms with Crippen LogP contribution in [-0.2, 0) is 9.53 Å². The number of ether oxygens (including phenoxy) is 2. The Labute approximate surface area is 228 Å². The van der Waals surface area contributed by atoms with Gasteiger partial charge in [-0.25, -0.2) is 4.79 Å². The molecular weight excluding hydrogens is 482 g/mol. The summed E-state index contributed by atoms with van der Waals surface area (Å²) in [5, 5.41) is 0. The zero-order chi connectivity index (χ0) is 26.6. The van der Waals surface area contributed by atoms with Crippen molar-refractivity contribution < 1.29 is 14.3 Å². The molecule has 0 saturated carbocycles. The van der Waals surface area contributed by atoms with Crippen molar-refractivity contribution in [3.05, 3.63) is 144 Å². The maximum Gasteiger partial charge on any atom is 0.343 e. The third-order valence-electron chi connectivity index (χ3n) is 6.65. The second kappa shape index (κ2) is 10.7. The first-order valence-corrected chi connectivity index (χ1v) is 13.0. The van der Waals surface area contributed by atoms with E-state index in [1.807, 2.05) is 97.9 Å². The van der Waals surface area contributed by atoms with Crippen molar-refractivity contribution in [1.29, 1.82) is 0 Å². The average Bonchev–Trinajstić information content (AvgIpc) is 3.55. The number of hydrogen-bond donors (Lipinski definition) is 0. The van der Waals surface area contributed by atoms with Crippen LogP contribution in [0.3, 0.4) is 0 Å². The molecule has 2 heterocycles. The van der Waals surface area contributed by atoms with Gasteiger partial charge in [-0.15, -0.1) is 0 Å². The van der Waals surface area contributed by atoms with Gasteiger partial charge in [-0.2, -0.15) is 0 Å². The maximum atomic E-state index is 13.0. The van der Waals surface area contributed by atoms with Gasteiger partial charge in [-0.05, 0) is 72.7 Å². The van der Waals surface area contributed by atoms with Crippen molar-refractivity contribution in [2.45, 2.75) is 6.92 Å². The normalized spacial score (nSPS) is 13.8. The number of para-hydroxylation sites is 1. The van der Waals surface area contributed by atoms with Gasteiger partial charge < -0.3 is 14.0 Å². The number of cyclic esters (lactones) is 1. The molecule has 0 aliphatic carbocycles. The smallest absolute Gasteiger partial charge is 0.343 e. The minimum absolute atomic E-state index is 0.369. The van der Waals surface area contributed by atoms with Crippen LogP contribution in [0, 0.1) is 0 Å². The van der Waals surface area contributed by atoms with Gasteiger partial charge in [0.2, 0.25) is 0 Å². The molecule has 0 bridgehead atoms. The lowest BCUT2D eigenvalue weighted by atomic mass is 10.0. The van der Waals surface area contributed by atoms with Crippen LogP contribution >= 0.6 is 0 Å². The van der Waals surface area contributed by atoms with E-state index in [1.165, 1.54) is 0 Å². The average molecular weight is 510 g/mol. The van der Waals surface area contributed by atoms with Crippen LogP contribution in [0.25, 0.3) is 40.0 Å². The topological polar surface area (TPSA) is 40.5 Å². The number of esters is 1. The lowest BCUT2D eigenvalue weighted by Gasteiger charge is -2.15. The van der Waals surface area contributed by atoms with Crippen LogP contribution in [0.1, 0.15) is 18.1 Å². The van der Waals surface area contributed by atoms with E-state index < -0.39 is 0 Å². The third-order valence-corrected chi connectivity index (χ3v) is 6.65. The number of hydrogen-bond acceptors (Lipinski definition) is 3. The van der Waals surface area contributed by atoms with Crippen LogP contribution in [0.15, 0.2) is 133 Å². The summed E-state index contributed by atoms with van der Waals surface area (Å²) in [6.07, 6.45) is 3.74. The summed E-state index contributed by atoms with van der Waals surface area (Å²) in [7, 11) is 0. The summed E-state index contributed by atoms with van der Waals surface area (Å²) in [6.45, 7) is 2.55. The summed E-state index contributed by atoms with van der Waals surface area (Å²) in [4.78, 5) is 13.0. The van der Waals surface area contributed by atoms with Gasteiger partial charge in [0.15, 0.2) is 0 Å². The van der Waals surface area contributed by atoms with Crippen molar-refractivity contribution in [2.24, 2.45) is 0 Å². The van der Waals surface area contributed by atoms with Gasteiger partial charge in [-0.1, -0.05) is 78.9 Å². The molecule has 4 nitrogen and oxygen atoms in total.